The van der Waals surface area contributed by atoms with Gasteiger partial charge in [-0.05, 0) is 57.0 Å². The molecule has 0 aromatic carbocycles. The van der Waals surface area contributed by atoms with Crippen molar-refractivity contribution in [3.05, 3.63) is 0 Å². The summed E-state index contributed by atoms with van der Waals surface area (Å²) in [4.78, 5) is 5.00. The second-order valence-corrected chi connectivity index (χ2v) is 11.4. The van der Waals surface area contributed by atoms with Gasteiger partial charge in [0.2, 0.25) is 0 Å². The van der Waals surface area contributed by atoms with Gasteiger partial charge in [-0.3, -0.25) is 4.90 Å². The monoisotopic (exact) mass is 397 g/mol. The standard InChI is InChI=1S/C23H47N3O2/c1-9-10-18(14-27)11-21(4,5)22(6,28)23(24-7)15-20(2,3)16-25(8)19-12-26(13-19)17-23/h18-19,24,27-28H,9-17H2,1-8H3. The molecule has 2 bridgehead atoms. The van der Waals surface area contributed by atoms with Crippen LogP contribution in [0.15, 0.2) is 0 Å². The highest BCUT2D eigenvalue weighted by Crippen LogP contribution is 2.49. The van der Waals surface area contributed by atoms with Crippen molar-refractivity contribution in [1.82, 2.24) is 15.1 Å². The summed E-state index contributed by atoms with van der Waals surface area (Å²) >= 11 is 0. The predicted molar refractivity (Wildman–Crippen MR) is 118 cm³/mol. The van der Waals surface area contributed by atoms with Crippen LogP contribution in [-0.4, -0.2) is 84.1 Å². The minimum Gasteiger partial charge on any atom is -0.396 e. The van der Waals surface area contributed by atoms with Crippen molar-refractivity contribution in [3.8, 4) is 0 Å². The van der Waals surface area contributed by atoms with Crippen molar-refractivity contribution < 1.29 is 10.2 Å². The third kappa shape index (κ3) is 4.59. The normalized spacial score (nSPS) is 34.5. The molecule has 3 fully saturated rings. The van der Waals surface area contributed by atoms with E-state index in [4.69, 9.17) is 0 Å². The summed E-state index contributed by atoms with van der Waals surface area (Å²) in [6.07, 6.45) is 3.82. The van der Waals surface area contributed by atoms with E-state index in [1.54, 1.807) is 0 Å². The third-order valence-electron chi connectivity index (χ3n) is 7.99. The van der Waals surface area contributed by atoms with Crippen LogP contribution in [0.2, 0.25) is 0 Å². The summed E-state index contributed by atoms with van der Waals surface area (Å²) < 4.78 is 0. The van der Waals surface area contributed by atoms with Gasteiger partial charge in [0.05, 0.1) is 11.1 Å². The van der Waals surface area contributed by atoms with Gasteiger partial charge < -0.3 is 20.4 Å². The molecule has 5 heteroatoms. The summed E-state index contributed by atoms with van der Waals surface area (Å²) in [5.74, 6) is 0.240. The van der Waals surface area contributed by atoms with E-state index in [-0.39, 0.29) is 23.4 Å². The van der Waals surface area contributed by atoms with Crippen molar-refractivity contribution in [2.45, 2.75) is 84.4 Å². The topological polar surface area (TPSA) is 59.0 Å². The number of hydrogen-bond acceptors (Lipinski definition) is 5. The van der Waals surface area contributed by atoms with E-state index in [0.29, 0.717) is 6.04 Å². The number of nitrogens with one attached hydrogen (secondary N) is 1. The van der Waals surface area contributed by atoms with Crippen LogP contribution < -0.4 is 5.32 Å². The average molecular weight is 398 g/mol. The quantitative estimate of drug-likeness (QED) is 0.588. The van der Waals surface area contributed by atoms with Crippen LogP contribution >= 0.6 is 0 Å². The fourth-order valence-electron chi connectivity index (χ4n) is 6.04. The van der Waals surface area contributed by atoms with Crippen molar-refractivity contribution >= 4 is 0 Å². The van der Waals surface area contributed by atoms with Crippen LogP contribution in [0.5, 0.6) is 0 Å². The number of likely N-dealkylation sites (N-methyl/N-ethyl adjacent to an activating group) is 2. The molecule has 3 N–H and O–H groups in total. The molecule has 0 aliphatic carbocycles. The van der Waals surface area contributed by atoms with Gasteiger partial charge in [-0.15, -0.1) is 0 Å². The first-order chi connectivity index (χ1) is 12.8. The number of rotatable bonds is 8. The van der Waals surface area contributed by atoms with Crippen molar-refractivity contribution in [3.63, 3.8) is 0 Å². The van der Waals surface area contributed by atoms with Crippen molar-refractivity contribution in [2.24, 2.45) is 16.7 Å². The maximum Gasteiger partial charge on any atom is 0.0863 e. The number of fused-ring (bicyclic) bond motifs is 5. The molecule has 0 amide bonds. The lowest BCUT2D eigenvalue weighted by Crippen LogP contribution is -2.73. The fourth-order valence-corrected chi connectivity index (χ4v) is 6.04. The van der Waals surface area contributed by atoms with E-state index in [0.717, 1.165) is 51.9 Å². The lowest BCUT2D eigenvalue weighted by atomic mass is 9.58. The van der Waals surface area contributed by atoms with E-state index < -0.39 is 11.1 Å². The van der Waals surface area contributed by atoms with Gasteiger partial charge in [0.15, 0.2) is 0 Å². The van der Waals surface area contributed by atoms with Crippen LogP contribution in [0.25, 0.3) is 0 Å². The average Bonchev–Trinajstić information content (AvgIpc) is 2.61. The Morgan fingerprint density at radius 3 is 2.29 bits per heavy atom. The molecule has 3 aliphatic rings. The van der Waals surface area contributed by atoms with E-state index in [9.17, 15) is 10.2 Å². The Labute approximate surface area is 173 Å². The van der Waals surface area contributed by atoms with Crippen molar-refractivity contribution in [1.29, 1.82) is 0 Å². The Balaban J connectivity index is 2.38. The van der Waals surface area contributed by atoms with Crippen molar-refractivity contribution in [2.75, 3.05) is 46.9 Å². The highest BCUT2D eigenvalue weighted by molar-refractivity contribution is 5.14. The van der Waals surface area contributed by atoms with Crippen LogP contribution in [0, 0.1) is 16.7 Å². The first kappa shape index (κ1) is 24.1. The molecule has 28 heavy (non-hydrogen) atoms. The largest absolute Gasteiger partial charge is 0.396 e. The molecule has 3 heterocycles. The lowest BCUT2D eigenvalue weighted by molar-refractivity contribution is -0.150. The summed E-state index contributed by atoms with van der Waals surface area (Å²) in [5, 5.41) is 25.7. The molecule has 5 nitrogen and oxygen atoms in total. The van der Waals surface area contributed by atoms with Gasteiger partial charge in [0, 0.05) is 38.8 Å². The molecule has 3 rings (SSSR count). The summed E-state index contributed by atoms with van der Waals surface area (Å²) in [7, 11) is 4.27. The Hall–Kier alpha value is -0.200. The highest BCUT2D eigenvalue weighted by Gasteiger charge is 2.58. The SMILES string of the molecule is CCCC(CO)CC(C)(C)C(C)(O)C1(NC)CN2CC(C2)N(C)CC(C)(C)C1. The Kier molecular flexibility index (Phi) is 7.31. The van der Waals surface area contributed by atoms with Crippen LogP contribution in [0.3, 0.4) is 0 Å². The van der Waals surface area contributed by atoms with Gasteiger partial charge >= 0.3 is 0 Å². The minimum atomic E-state index is -0.915. The highest BCUT2D eigenvalue weighted by atomic mass is 16.3. The number of aliphatic hydroxyl groups is 2. The summed E-state index contributed by atoms with van der Waals surface area (Å²) in [6.45, 7) is 17.5. The lowest BCUT2D eigenvalue weighted by Gasteiger charge is -2.58. The Morgan fingerprint density at radius 2 is 1.79 bits per heavy atom. The molecule has 3 unspecified atom stereocenters. The van der Waals surface area contributed by atoms with Crippen LogP contribution in [-0.2, 0) is 0 Å². The molecule has 0 saturated carbocycles. The zero-order valence-electron chi connectivity index (χ0n) is 19.8. The number of nitrogens with zero attached hydrogens (tertiary/aromatic N) is 2. The van der Waals surface area contributed by atoms with Crippen LogP contribution in [0.1, 0.15) is 67.2 Å². The molecular weight excluding hydrogens is 350 g/mol. The smallest absolute Gasteiger partial charge is 0.0863 e. The molecule has 166 valence electrons. The number of hydrogen-bond donors (Lipinski definition) is 3. The summed E-state index contributed by atoms with van der Waals surface area (Å²) in [5.41, 5.74) is -1.54. The molecule has 3 atom stereocenters. The zero-order valence-corrected chi connectivity index (χ0v) is 19.8. The zero-order chi connectivity index (χ0) is 21.4. The van der Waals surface area contributed by atoms with Gasteiger partial charge in [0.1, 0.15) is 0 Å². The van der Waals surface area contributed by atoms with E-state index in [1.165, 1.54) is 0 Å². The molecule has 3 aliphatic heterocycles. The third-order valence-corrected chi connectivity index (χ3v) is 7.99. The van der Waals surface area contributed by atoms with E-state index in [2.05, 4.69) is 56.8 Å². The van der Waals surface area contributed by atoms with Gasteiger partial charge in [-0.2, -0.15) is 0 Å². The molecule has 0 aromatic rings. The van der Waals surface area contributed by atoms with Gasteiger partial charge in [-0.1, -0.05) is 41.0 Å². The first-order valence-corrected chi connectivity index (χ1v) is 11.3. The van der Waals surface area contributed by atoms with Crippen LogP contribution in [0.4, 0.5) is 0 Å². The maximum absolute atomic E-state index is 12.2. The fraction of sp³-hybridized carbons (Fsp3) is 1.00. The molecule has 0 radical (unpaired) electrons. The second kappa shape index (κ2) is 8.50. The molecular formula is C23H47N3O2. The minimum absolute atomic E-state index is 0.0935. The predicted octanol–water partition coefficient (Wildman–Crippen LogP) is 2.57. The molecule has 0 aromatic heterocycles. The maximum atomic E-state index is 12.2. The molecule has 0 spiro atoms. The molecule has 3 saturated heterocycles. The Bertz CT molecular complexity index is 514. The van der Waals surface area contributed by atoms with Gasteiger partial charge in [-0.25, -0.2) is 0 Å². The van der Waals surface area contributed by atoms with E-state index in [1.807, 2.05) is 14.0 Å². The van der Waals surface area contributed by atoms with Gasteiger partial charge in [0.25, 0.3) is 0 Å². The van der Waals surface area contributed by atoms with E-state index >= 15 is 0 Å². The first-order valence-electron chi connectivity index (χ1n) is 11.3. The Morgan fingerprint density at radius 1 is 1.18 bits per heavy atom. The summed E-state index contributed by atoms with van der Waals surface area (Å²) in [6, 6.07) is 0.633. The second-order valence-electron chi connectivity index (χ2n) is 11.4. The number of aliphatic hydroxyl groups excluding tert-OH is 1.